The first-order valence-electron chi connectivity index (χ1n) is 6.96. The highest BCUT2D eigenvalue weighted by molar-refractivity contribution is 5.42. The van der Waals surface area contributed by atoms with Crippen LogP contribution in [0.2, 0.25) is 0 Å². The van der Waals surface area contributed by atoms with E-state index in [4.69, 9.17) is 9.47 Å². The van der Waals surface area contributed by atoms with Crippen molar-refractivity contribution in [2.45, 2.75) is 19.4 Å². The molecule has 19 heavy (non-hydrogen) atoms. The first kappa shape index (κ1) is 14.2. The van der Waals surface area contributed by atoms with Gasteiger partial charge in [-0.3, -0.25) is 4.90 Å². The molecule has 1 fully saturated rings. The number of ether oxygens (including phenoxy) is 2. The molecule has 4 heteroatoms. The van der Waals surface area contributed by atoms with Crippen LogP contribution in [0.1, 0.15) is 24.9 Å². The number of methoxy groups -OCH3 is 2. The van der Waals surface area contributed by atoms with Gasteiger partial charge in [0, 0.05) is 37.8 Å². The summed E-state index contributed by atoms with van der Waals surface area (Å²) in [4.78, 5) is 2.52. The van der Waals surface area contributed by atoms with E-state index in [0.717, 1.165) is 44.1 Å². The fourth-order valence-corrected chi connectivity index (χ4v) is 2.77. The van der Waals surface area contributed by atoms with Gasteiger partial charge in [-0.25, -0.2) is 0 Å². The van der Waals surface area contributed by atoms with Crippen molar-refractivity contribution < 1.29 is 9.47 Å². The van der Waals surface area contributed by atoms with Crippen molar-refractivity contribution in [3.63, 3.8) is 0 Å². The molecule has 0 aromatic heterocycles. The molecule has 106 valence electrons. The van der Waals surface area contributed by atoms with Gasteiger partial charge in [0.05, 0.1) is 14.2 Å². The molecule has 0 radical (unpaired) electrons. The predicted octanol–water partition coefficient (Wildman–Crippen LogP) is 2.06. The highest BCUT2D eigenvalue weighted by atomic mass is 16.5. The van der Waals surface area contributed by atoms with Crippen LogP contribution in [0.4, 0.5) is 0 Å². The molecular weight excluding hydrogens is 240 g/mol. The van der Waals surface area contributed by atoms with Crippen LogP contribution >= 0.6 is 0 Å². The molecule has 1 aromatic rings. The zero-order chi connectivity index (χ0) is 13.7. The topological polar surface area (TPSA) is 33.7 Å². The summed E-state index contributed by atoms with van der Waals surface area (Å²) < 4.78 is 10.9. The van der Waals surface area contributed by atoms with E-state index in [1.807, 2.05) is 12.1 Å². The fourth-order valence-electron chi connectivity index (χ4n) is 2.77. The number of rotatable bonds is 5. The SMILES string of the molecule is CC[C@@H](c1cc(OC)ccc1OC)N1CCNCC1. The third kappa shape index (κ3) is 3.19. The molecule has 1 atom stereocenters. The van der Waals surface area contributed by atoms with E-state index >= 15 is 0 Å². The van der Waals surface area contributed by atoms with Gasteiger partial charge in [0.1, 0.15) is 11.5 Å². The lowest BCUT2D eigenvalue weighted by Gasteiger charge is -2.35. The molecule has 1 aromatic carbocycles. The minimum absolute atomic E-state index is 0.396. The molecule has 0 aliphatic carbocycles. The minimum atomic E-state index is 0.396. The van der Waals surface area contributed by atoms with Crippen LogP contribution in [0.25, 0.3) is 0 Å². The smallest absolute Gasteiger partial charge is 0.123 e. The van der Waals surface area contributed by atoms with Crippen molar-refractivity contribution in [2.24, 2.45) is 0 Å². The van der Waals surface area contributed by atoms with E-state index < -0.39 is 0 Å². The Balaban J connectivity index is 2.29. The Morgan fingerprint density at radius 3 is 2.53 bits per heavy atom. The van der Waals surface area contributed by atoms with Gasteiger partial charge in [0.15, 0.2) is 0 Å². The standard InChI is InChI=1S/C15H24N2O2/c1-4-14(17-9-7-16-8-10-17)13-11-12(18-2)5-6-15(13)19-3/h5-6,11,14,16H,4,7-10H2,1-3H3/t14-/m0/s1. The van der Waals surface area contributed by atoms with Crippen molar-refractivity contribution in [3.8, 4) is 11.5 Å². The van der Waals surface area contributed by atoms with Gasteiger partial charge in [-0.1, -0.05) is 6.92 Å². The summed E-state index contributed by atoms with van der Waals surface area (Å²) in [5.41, 5.74) is 1.23. The summed E-state index contributed by atoms with van der Waals surface area (Å²) in [5.74, 6) is 1.84. The maximum Gasteiger partial charge on any atom is 0.123 e. The highest BCUT2D eigenvalue weighted by Crippen LogP contribution is 2.34. The number of nitrogens with zero attached hydrogens (tertiary/aromatic N) is 1. The average Bonchev–Trinajstić information content (AvgIpc) is 2.49. The number of benzene rings is 1. The van der Waals surface area contributed by atoms with Gasteiger partial charge in [0.2, 0.25) is 0 Å². The number of piperazine rings is 1. The highest BCUT2D eigenvalue weighted by Gasteiger charge is 2.23. The lowest BCUT2D eigenvalue weighted by molar-refractivity contribution is 0.166. The first-order chi connectivity index (χ1) is 9.30. The zero-order valence-corrected chi connectivity index (χ0v) is 12.1. The van der Waals surface area contributed by atoms with E-state index in [1.165, 1.54) is 5.56 Å². The normalized spacial score (nSPS) is 18.1. The molecule has 1 aliphatic heterocycles. The maximum absolute atomic E-state index is 5.52. The Hall–Kier alpha value is -1.26. The van der Waals surface area contributed by atoms with Gasteiger partial charge in [0.25, 0.3) is 0 Å². The van der Waals surface area contributed by atoms with Gasteiger partial charge in [-0.2, -0.15) is 0 Å². The largest absolute Gasteiger partial charge is 0.497 e. The minimum Gasteiger partial charge on any atom is -0.497 e. The molecule has 0 unspecified atom stereocenters. The summed E-state index contributed by atoms with van der Waals surface area (Å²) in [6.45, 7) is 6.51. The third-order valence-corrected chi connectivity index (χ3v) is 3.77. The van der Waals surface area contributed by atoms with E-state index in [2.05, 4.69) is 23.2 Å². The van der Waals surface area contributed by atoms with Crippen LogP contribution in [0, 0.1) is 0 Å². The Morgan fingerprint density at radius 2 is 1.95 bits per heavy atom. The molecule has 0 bridgehead atoms. The third-order valence-electron chi connectivity index (χ3n) is 3.77. The quantitative estimate of drug-likeness (QED) is 0.882. The second kappa shape index (κ2) is 6.78. The lowest BCUT2D eigenvalue weighted by Crippen LogP contribution is -2.45. The average molecular weight is 264 g/mol. The van der Waals surface area contributed by atoms with Gasteiger partial charge >= 0.3 is 0 Å². The molecule has 1 aliphatic rings. The van der Waals surface area contributed by atoms with Gasteiger partial charge in [-0.15, -0.1) is 0 Å². The molecule has 1 heterocycles. The van der Waals surface area contributed by atoms with Gasteiger partial charge in [-0.05, 0) is 24.6 Å². The molecule has 0 amide bonds. The molecule has 2 rings (SSSR count). The van der Waals surface area contributed by atoms with Crippen LogP contribution in [0.15, 0.2) is 18.2 Å². The van der Waals surface area contributed by atoms with Crippen molar-refractivity contribution >= 4 is 0 Å². The van der Waals surface area contributed by atoms with Crippen molar-refractivity contribution in [2.75, 3.05) is 40.4 Å². The summed E-state index contributed by atoms with van der Waals surface area (Å²) >= 11 is 0. The number of nitrogens with one attached hydrogen (secondary N) is 1. The van der Waals surface area contributed by atoms with Crippen molar-refractivity contribution in [3.05, 3.63) is 23.8 Å². The van der Waals surface area contributed by atoms with E-state index in [1.54, 1.807) is 14.2 Å². The Labute approximate surface area is 115 Å². The van der Waals surface area contributed by atoms with Crippen LogP contribution in [-0.4, -0.2) is 45.3 Å². The van der Waals surface area contributed by atoms with Crippen molar-refractivity contribution in [1.29, 1.82) is 0 Å². The van der Waals surface area contributed by atoms with Crippen LogP contribution in [0.3, 0.4) is 0 Å². The van der Waals surface area contributed by atoms with Crippen molar-refractivity contribution in [1.82, 2.24) is 10.2 Å². The second-order valence-electron chi connectivity index (χ2n) is 4.82. The molecule has 1 saturated heterocycles. The fraction of sp³-hybridized carbons (Fsp3) is 0.600. The zero-order valence-electron chi connectivity index (χ0n) is 12.1. The van der Waals surface area contributed by atoms with Crippen LogP contribution in [0.5, 0.6) is 11.5 Å². The molecule has 1 N–H and O–H groups in total. The van der Waals surface area contributed by atoms with E-state index in [0.29, 0.717) is 6.04 Å². The van der Waals surface area contributed by atoms with Crippen LogP contribution < -0.4 is 14.8 Å². The summed E-state index contributed by atoms with van der Waals surface area (Å²) in [6.07, 6.45) is 1.07. The monoisotopic (exact) mass is 264 g/mol. The molecule has 0 saturated carbocycles. The van der Waals surface area contributed by atoms with Gasteiger partial charge < -0.3 is 14.8 Å². The number of hydrogen-bond donors (Lipinski definition) is 1. The first-order valence-corrected chi connectivity index (χ1v) is 6.96. The predicted molar refractivity (Wildman–Crippen MR) is 77.0 cm³/mol. The number of hydrogen-bond acceptors (Lipinski definition) is 4. The summed E-state index contributed by atoms with van der Waals surface area (Å²) in [7, 11) is 3.44. The summed E-state index contributed by atoms with van der Waals surface area (Å²) in [6, 6.07) is 6.45. The molecular formula is C15H24N2O2. The Bertz CT molecular complexity index is 403. The second-order valence-corrected chi connectivity index (χ2v) is 4.82. The lowest BCUT2D eigenvalue weighted by atomic mass is 10.0. The Morgan fingerprint density at radius 1 is 1.21 bits per heavy atom. The van der Waals surface area contributed by atoms with E-state index in [9.17, 15) is 0 Å². The van der Waals surface area contributed by atoms with Crippen LogP contribution in [-0.2, 0) is 0 Å². The molecule has 0 spiro atoms. The summed E-state index contributed by atoms with van der Waals surface area (Å²) in [5, 5.41) is 3.40. The maximum atomic E-state index is 5.52. The Kier molecular flexibility index (Phi) is 5.05. The van der Waals surface area contributed by atoms with E-state index in [-0.39, 0.29) is 0 Å². The molecule has 4 nitrogen and oxygen atoms in total.